The van der Waals surface area contributed by atoms with Gasteiger partial charge < -0.3 is 13.9 Å². The van der Waals surface area contributed by atoms with Crippen molar-refractivity contribution in [3.63, 3.8) is 0 Å². The summed E-state index contributed by atoms with van der Waals surface area (Å²) in [6.45, 7) is -0.426. The van der Waals surface area contributed by atoms with Crippen LogP contribution in [0.4, 0.5) is 5.13 Å². The van der Waals surface area contributed by atoms with Gasteiger partial charge in [-0.05, 0) is 42.5 Å². The van der Waals surface area contributed by atoms with Crippen LogP contribution in [-0.2, 0) is 9.53 Å². The third-order valence-electron chi connectivity index (χ3n) is 4.04. The second-order valence-electron chi connectivity index (χ2n) is 5.93. The quantitative estimate of drug-likeness (QED) is 0.484. The summed E-state index contributed by atoms with van der Waals surface area (Å²) in [5.41, 5.74) is 3.01. The van der Waals surface area contributed by atoms with Gasteiger partial charge in [0.1, 0.15) is 11.3 Å². The van der Waals surface area contributed by atoms with Gasteiger partial charge in [0, 0.05) is 10.9 Å². The number of amides is 1. The van der Waals surface area contributed by atoms with E-state index >= 15 is 0 Å². The fourth-order valence-corrected chi connectivity index (χ4v) is 3.31. The van der Waals surface area contributed by atoms with Gasteiger partial charge in [-0.2, -0.15) is 0 Å². The Morgan fingerprint density at radius 2 is 2.00 bits per heavy atom. The zero-order valence-electron chi connectivity index (χ0n) is 15.2. The Bertz CT molecular complexity index is 1170. The molecule has 0 aliphatic carbocycles. The average molecular weight is 409 g/mol. The number of hydrogen-bond acceptors (Lipinski definition) is 8. The molecular weight excluding hydrogens is 394 g/mol. The molecule has 0 aliphatic rings. The van der Waals surface area contributed by atoms with Crippen LogP contribution in [0.1, 0.15) is 10.4 Å². The topological polar surface area (TPSA) is 104 Å². The fraction of sp³-hybridized carbons (Fsp3) is 0.100. The molecule has 8 nitrogen and oxygen atoms in total. The van der Waals surface area contributed by atoms with Crippen molar-refractivity contribution in [2.45, 2.75) is 0 Å². The summed E-state index contributed by atoms with van der Waals surface area (Å²) in [4.78, 5) is 32.6. The molecule has 0 fully saturated rings. The first-order valence-corrected chi connectivity index (χ1v) is 9.40. The van der Waals surface area contributed by atoms with E-state index in [2.05, 4.69) is 15.3 Å². The van der Waals surface area contributed by atoms with Crippen molar-refractivity contribution in [3.05, 3.63) is 59.8 Å². The molecule has 29 heavy (non-hydrogen) atoms. The Kier molecular flexibility index (Phi) is 5.21. The molecule has 4 aromatic rings. The number of thiazole rings is 1. The summed E-state index contributed by atoms with van der Waals surface area (Å²) in [7, 11) is 1.60. The summed E-state index contributed by atoms with van der Waals surface area (Å²) >= 11 is 1.28. The molecule has 2 aromatic heterocycles. The number of benzene rings is 2. The van der Waals surface area contributed by atoms with E-state index in [4.69, 9.17) is 13.9 Å². The molecular formula is C20H15N3O5S. The normalized spacial score (nSPS) is 10.7. The molecule has 0 radical (unpaired) electrons. The largest absolute Gasteiger partial charge is 0.497 e. The van der Waals surface area contributed by atoms with E-state index in [1.165, 1.54) is 23.8 Å². The molecule has 9 heteroatoms. The zero-order valence-corrected chi connectivity index (χ0v) is 16.1. The van der Waals surface area contributed by atoms with Crippen LogP contribution in [0.3, 0.4) is 0 Å². The lowest BCUT2D eigenvalue weighted by Crippen LogP contribution is -2.20. The maximum Gasteiger partial charge on any atom is 0.338 e. The van der Waals surface area contributed by atoms with Crippen molar-refractivity contribution < 1.29 is 23.5 Å². The minimum Gasteiger partial charge on any atom is -0.497 e. The third kappa shape index (κ3) is 4.25. The van der Waals surface area contributed by atoms with Crippen molar-refractivity contribution in [2.24, 2.45) is 0 Å². The minimum atomic E-state index is -0.628. The number of rotatable bonds is 6. The van der Waals surface area contributed by atoms with E-state index < -0.39 is 18.5 Å². The number of hydrogen-bond donors (Lipinski definition) is 1. The van der Waals surface area contributed by atoms with Crippen LogP contribution in [0.25, 0.3) is 22.4 Å². The molecule has 0 bridgehead atoms. The predicted molar refractivity (Wildman–Crippen MR) is 107 cm³/mol. The van der Waals surface area contributed by atoms with Crippen LogP contribution in [0.15, 0.2) is 58.7 Å². The number of anilines is 1. The first-order chi connectivity index (χ1) is 14.1. The summed E-state index contributed by atoms with van der Waals surface area (Å²) < 4.78 is 15.3. The monoisotopic (exact) mass is 409 g/mol. The van der Waals surface area contributed by atoms with E-state index in [0.29, 0.717) is 16.2 Å². The van der Waals surface area contributed by atoms with Crippen molar-refractivity contribution >= 4 is 39.4 Å². The lowest BCUT2D eigenvalue weighted by atomic mass is 10.2. The number of ether oxygens (including phenoxy) is 2. The van der Waals surface area contributed by atoms with Crippen LogP contribution in [0.5, 0.6) is 5.75 Å². The highest BCUT2D eigenvalue weighted by molar-refractivity contribution is 7.14. The molecule has 0 saturated heterocycles. The van der Waals surface area contributed by atoms with E-state index in [0.717, 1.165) is 17.0 Å². The molecule has 4 rings (SSSR count). The highest BCUT2D eigenvalue weighted by Crippen LogP contribution is 2.26. The standard InChI is InChI=1S/C20H15N3O5S/c1-26-14-5-2-12(3-6-14)16-10-29-20(22-16)23-18(24)9-27-19(25)13-4-7-15-17(8-13)28-11-21-15/h2-8,10-11H,9H2,1H3,(H,22,23,24). The molecule has 2 aromatic carbocycles. The first-order valence-electron chi connectivity index (χ1n) is 8.52. The van der Waals surface area contributed by atoms with Crippen molar-refractivity contribution in [1.82, 2.24) is 9.97 Å². The number of methoxy groups -OCH3 is 1. The molecule has 0 atom stereocenters. The average Bonchev–Trinajstić information content (AvgIpc) is 3.41. The number of fused-ring (bicyclic) bond motifs is 1. The lowest BCUT2D eigenvalue weighted by Gasteiger charge is -2.04. The number of esters is 1. The molecule has 0 aliphatic heterocycles. The summed E-state index contributed by atoms with van der Waals surface area (Å²) in [5.74, 6) is -0.354. The van der Waals surface area contributed by atoms with Crippen LogP contribution in [-0.4, -0.2) is 35.6 Å². The van der Waals surface area contributed by atoms with Gasteiger partial charge in [-0.3, -0.25) is 10.1 Å². The highest BCUT2D eigenvalue weighted by Gasteiger charge is 2.13. The first kappa shape index (κ1) is 18.6. The molecule has 0 saturated carbocycles. The molecule has 0 unspecified atom stereocenters. The van der Waals surface area contributed by atoms with Gasteiger partial charge >= 0.3 is 5.97 Å². The Balaban J connectivity index is 1.33. The van der Waals surface area contributed by atoms with Gasteiger partial charge in [0.05, 0.1) is 18.4 Å². The molecule has 1 amide bonds. The van der Waals surface area contributed by atoms with E-state index in [1.54, 1.807) is 19.2 Å². The van der Waals surface area contributed by atoms with Crippen molar-refractivity contribution in [3.8, 4) is 17.0 Å². The number of aromatic nitrogens is 2. The number of oxazole rings is 1. The fourth-order valence-electron chi connectivity index (χ4n) is 2.58. The van der Waals surface area contributed by atoms with Crippen LogP contribution in [0, 0.1) is 0 Å². The van der Waals surface area contributed by atoms with Crippen molar-refractivity contribution in [2.75, 3.05) is 19.0 Å². The maximum absolute atomic E-state index is 12.1. The Morgan fingerprint density at radius 1 is 1.17 bits per heavy atom. The number of nitrogens with one attached hydrogen (secondary N) is 1. The van der Waals surface area contributed by atoms with Gasteiger partial charge in [-0.1, -0.05) is 0 Å². The van der Waals surface area contributed by atoms with Gasteiger partial charge in [-0.15, -0.1) is 11.3 Å². The Labute approximate surface area is 169 Å². The Morgan fingerprint density at radius 3 is 2.79 bits per heavy atom. The third-order valence-corrected chi connectivity index (χ3v) is 4.80. The molecule has 0 spiro atoms. The predicted octanol–water partition coefficient (Wildman–Crippen LogP) is 3.76. The van der Waals surface area contributed by atoms with Gasteiger partial charge in [0.2, 0.25) is 0 Å². The van der Waals surface area contributed by atoms with Gasteiger partial charge in [0.15, 0.2) is 23.7 Å². The van der Waals surface area contributed by atoms with Crippen LogP contribution >= 0.6 is 11.3 Å². The second kappa shape index (κ2) is 8.11. The number of carbonyl (C=O) groups is 2. The second-order valence-corrected chi connectivity index (χ2v) is 6.78. The SMILES string of the molecule is COc1ccc(-c2csc(NC(=O)COC(=O)c3ccc4ncoc4c3)n2)cc1. The smallest absolute Gasteiger partial charge is 0.338 e. The van der Waals surface area contributed by atoms with E-state index in [9.17, 15) is 9.59 Å². The molecule has 2 heterocycles. The van der Waals surface area contributed by atoms with Gasteiger partial charge in [-0.25, -0.2) is 14.8 Å². The maximum atomic E-state index is 12.1. The summed E-state index contributed by atoms with van der Waals surface area (Å²) in [5, 5.41) is 4.87. The lowest BCUT2D eigenvalue weighted by molar-refractivity contribution is -0.119. The van der Waals surface area contributed by atoms with E-state index in [1.807, 2.05) is 29.6 Å². The summed E-state index contributed by atoms with van der Waals surface area (Å²) in [6.07, 6.45) is 1.29. The number of nitrogens with zero attached hydrogens (tertiary/aromatic N) is 2. The zero-order chi connectivity index (χ0) is 20.2. The minimum absolute atomic E-state index is 0.276. The van der Waals surface area contributed by atoms with Crippen molar-refractivity contribution in [1.29, 1.82) is 0 Å². The van der Waals surface area contributed by atoms with Gasteiger partial charge in [0.25, 0.3) is 5.91 Å². The Hall–Kier alpha value is -3.72. The molecule has 146 valence electrons. The highest BCUT2D eigenvalue weighted by atomic mass is 32.1. The summed E-state index contributed by atoms with van der Waals surface area (Å²) in [6, 6.07) is 12.2. The number of carbonyl (C=O) groups excluding carboxylic acids is 2. The van der Waals surface area contributed by atoms with Crippen LogP contribution < -0.4 is 10.1 Å². The van der Waals surface area contributed by atoms with Crippen LogP contribution in [0.2, 0.25) is 0 Å². The molecule has 1 N–H and O–H groups in total. The van der Waals surface area contributed by atoms with E-state index in [-0.39, 0.29) is 5.56 Å².